The van der Waals surface area contributed by atoms with E-state index in [-0.39, 0.29) is 11.9 Å². The van der Waals surface area contributed by atoms with E-state index in [4.69, 9.17) is 9.26 Å². The summed E-state index contributed by atoms with van der Waals surface area (Å²) in [7, 11) is 0. The zero-order valence-corrected chi connectivity index (χ0v) is 12.4. The first-order valence-corrected chi connectivity index (χ1v) is 7.32. The molecule has 1 heterocycles. The number of nitrogens with one attached hydrogen (secondary N) is 1. The normalized spacial score (nSPS) is 17.4. The number of hydrogen-bond donors (Lipinski definition) is 1. The van der Waals surface area contributed by atoms with Gasteiger partial charge in [0.1, 0.15) is 0 Å². The Morgan fingerprint density at radius 2 is 2.15 bits per heavy atom. The summed E-state index contributed by atoms with van der Waals surface area (Å²) in [6.07, 6.45) is 3.82. The van der Waals surface area contributed by atoms with Crippen molar-refractivity contribution in [3.8, 4) is 0 Å². The molecule has 1 saturated carbocycles. The number of aromatic nitrogens is 2. The minimum Gasteiger partial charge on any atom is -0.466 e. The van der Waals surface area contributed by atoms with E-state index in [0.29, 0.717) is 25.0 Å². The molecule has 1 aromatic rings. The highest BCUT2D eigenvalue weighted by Crippen LogP contribution is 2.39. The van der Waals surface area contributed by atoms with Crippen LogP contribution in [0.3, 0.4) is 0 Å². The molecule has 1 aromatic heterocycles. The van der Waals surface area contributed by atoms with Crippen LogP contribution in [0.1, 0.15) is 58.2 Å². The van der Waals surface area contributed by atoms with E-state index >= 15 is 0 Å². The van der Waals surface area contributed by atoms with Crippen LogP contribution >= 0.6 is 0 Å². The summed E-state index contributed by atoms with van der Waals surface area (Å²) in [4.78, 5) is 16.4. The van der Waals surface area contributed by atoms with Crippen molar-refractivity contribution in [3.63, 3.8) is 0 Å². The van der Waals surface area contributed by atoms with E-state index in [1.54, 1.807) is 0 Å². The topological polar surface area (TPSA) is 77.2 Å². The van der Waals surface area contributed by atoms with E-state index < -0.39 is 5.41 Å². The SMILES string of the molecule is CCOC(=O)C1(CNc2nc(C(C)C)no2)CCCC1. The smallest absolute Gasteiger partial charge is 0.321 e. The van der Waals surface area contributed by atoms with Crippen LogP contribution in [0, 0.1) is 5.41 Å². The molecule has 0 spiro atoms. The Balaban J connectivity index is 2.00. The number of carbonyl (C=O) groups excluding carboxylic acids is 1. The highest BCUT2D eigenvalue weighted by atomic mass is 16.5. The lowest BCUT2D eigenvalue weighted by molar-refractivity contribution is -0.154. The zero-order valence-electron chi connectivity index (χ0n) is 12.4. The Bertz CT molecular complexity index is 450. The lowest BCUT2D eigenvalue weighted by atomic mass is 9.86. The van der Waals surface area contributed by atoms with Gasteiger partial charge in [0.15, 0.2) is 5.82 Å². The second-order valence-electron chi connectivity index (χ2n) is 5.67. The number of ether oxygens (including phenoxy) is 1. The average molecular weight is 281 g/mol. The van der Waals surface area contributed by atoms with Gasteiger partial charge in [-0.3, -0.25) is 4.79 Å². The summed E-state index contributed by atoms with van der Waals surface area (Å²) < 4.78 is 10.4. The van der Waals surface area contributed by atoms with Crippen LogP contribution in [0.15, 0.2) is 4.52 Å². The number of carbonyl (C=O) groups is 1. The minimum absolute atomic E-state index is 0.117. The van der Waals surface area contributed by atoms with Crippen LogP contribution in [0.25, 0.3) is 0 Å². The molecule has 1 N–H and O–H groups in total. The third-order valence-corrected chi connectivity index (χ3v) is 3.81. The van der Waals surface area contributed by atoms with Crippen LogP contribution in [0.4, 0.5) is 6.01 Å². The monoisotopic (exact) mass is 281 g/mol. The molecule has 1 aliphatic rings. The highest BCUT2D eigenvalue weighted by molar-refractivity contribution is 5.78. The molecule has 6 nitrogen and oxygen atoms in total. The fourth-order valence-corrected chi connectivity index (χ4v) is 2.58. The van der Waals surface area contributed by atoms with Crippen LogP contribution in [-0.4, -0.2) is 29.3 Å². The van der Waals surface area contributed by atoms with Gasteiger partial charge in [0, 0.05) is 12.5 Å². The minimum atomic E-state index is -0.442. The molecule has 0 bridgehead atoms. The maximum absolute atomic E-state index is 12.2. The van der Waals surface area contributed by atoms with Crippen LogP contribution < -0.4 is 5.32 Å². The molecule has 0 amide bonds. The van der Waals surface area contributed by atoms with Crippen molar-refractivity contribution in [3.05, 3.63) is 5.82 Å². The summed E-state index contributed by atoms with van der Waals surface area (Å²) in [6, 6.07) is 0.379. The lowest BCUT2D eigenvalue weighted by Gasteiger charge is -2.26. The fraction of sp³-hybridized carbons (Fsp3) is 0.786. The van der Waals surface area contributed by atoms with Gasteiger partial charge >= 0.3 is 12.0 Å². The third kappa shape index (κ3) is 3.11. The molecular formula is C14H23N3O3. The zero-order chi connectivity index (χ0) is 14.6. The molecule has 0 atom stereocenters. The molecule has 0 aromatic carbocycles. The van der Waals surface area contributed by atoms with Crippen molar-refractivity contribution in [2.24, 2.45) is 5.41 Å². The third-order valence-electron chi connectivity index (χ3n) is 3.81. The fourth-order valence-electron chi connectivity index (χ4n) is 2.58. The first-order chi connectivity index (χ1) is 9.57. The Labute approximate surface area is 119 Å². The van der Waals surface area contributed by atoms with Crippen molar-refractivity contribution >= 4 is 12.0 Å². The van der Waals surface area contributed by atoms with Crippen molar-refractivity contribution in [1.29, 1.82) is 0 Å². The maximum Gasteiger partial charge on any atom is 0.321 e. The van der Waals surface area contributed by atoms with E-state index in [1.807, 2.05) is 20.8 Å². The van der Waals surface area contributed by atoms with E-state index in [2.05, 4.69) is 15.5 Å². The Hall–Kier alpha value is -1.59. The van der Waals surface area contributed by atoms with Crippen molar-refractivity contribution in [2.45, 2.75) is 52.4 Å². The lowest BCUT2D eigenvalue weighted by Crippen LogP contribution is -2.37. The van der Waals surface area contributed by atoms with Crippen molar-refractivity contribution in [1.82, 2.24) is 10.1 Å². The van der Waals surface area contributed by atoms with Gasteiger partial charge in [-0.25, -0.2) is 0 Å². The summed E-state index contributed by atoms with van der Waals surface area (Å²) in [5.74, 6) is 0.775. The molecule has 0 saturated heterocycles. The predicted molar refractivity (Wildman–Crippen MR) is 74.4 cm³/mol. The van der Waals surface area contributed by atoms with Crippen LogP contribution in [0.5, 0.6) is 0 Å². The Kier molecular flexibility index (Phi) is 4.62. The molecule has 1 aliphatic carbocycles. The van der Waals surface area contributed by atoms with Gasteiger partial charge in [-0.2, -0.15) is 4.98 Å². The van der Waals surface area contributed by atoms with Gasteiger partial charge in [-0.05, 0) is 19.8 Å². The van der Waals surface area contributed by atoms with Gasteiger partial charge in [-0.15, -0.1) is 0 Å². The number of anilines is 1. The summed E-state index contributed by atoms with van der Waals surface area (Å²) in [5, 5.41) is 7.00. The second kappa shape index (κ2) is 6.24. The molecule has 20 heavy (non-hydrogen) atoms. The molecule has 6 heteroatoms. The van der Waals surface area contributed by atoms with Crippen LogP contribution in [-0.2, 0) is 9.53 Å². The quantitative estimate of drug-likeness (QED) is 0.808. The molecule has 1 fully saturated rings. The first-order valence-electron chi connectivity index (χ1n) is 7.32. The van der Waals surface area contributed by atoms with Gasteiger partial charge in [0.05, 0.1) is 12.0 Å². The number of rotatable bonds is 6. The van der Waals surface area contributed by atoms with Crippen LogP contribution in [0.2, 0.25) is 0 Å². The average Bonchev–Trinajstić information content (AvgIpc) is 3.07. The standard InChI is InChI=1S/C14H23N3O3/c1-4-19-12(18)14(7-5-6-8-14)9-15-13-16-11(10(2)3)17-20-13/h10H,4-9H2,1-3H3,(H,15,16,17). The van der Waals surface area contributed by atoms with Crippen molar-refractivity contribution in [2.75, 3.05) is 18.5 Å². The van der Waals surface area contributed by atoms with Gasteiger partial charge in [-0.1, -0.05) is 31.8 Å². The molecule has 112 valence electrons. The number of hydrogen-bond acceptors (Lipinski definition) is 6. The molecular weight excluding hydrogens is 258 g/mol. The highest BCUT2D eigenvalue weighted by Gasteiger charge is 2.42. The molecule has 0 aliphatic heterocycles. The Morgan fingerprint density at radius 1 is 1.45 bits per heavy atom. The summed E-state index contributed by atoms with van der Waals surface area (Å²) in [6.45, 7) is 6.75. The summed E-state index contributed by atoms with van der Waals surface area (Å²) in [5.41, 5.74) is -0.442. The van der Waals surface area contributed by atoms with Gasteiger partial charge < -0.3 is 14.6 Å². The van der Waals surface area contributed by atoms with E-state index in [9.17, 15) is 4.79 Å². The maximum atomic E-state index is 12.2. The van der Waals surface area contributed by atoms with Crippen molar-refractivity contribution < 1.29 is 14.1 Å². The largest absolute Gasteiger partial charge is 0.466 e. The molecule has 2 rings (SSSR count). The molecule has 0 unspecified atom stereocenters. The summed E-state index contributed by atoms with van der Waals surface area (Å²) >= 11 is 0. The first kappa shape index (κ1) is 14.8. The van der Waals surface area contributed by atoms with E-state index in [1.165, 1.54) is 0 Å². The predicted octanol–water partition coefficient (Wildman–Crippen LogP) is 2.73. The van der Waals surface area contributed by atoms with Gasteiger partial charge in [0.2, 0.25) is 0 Å². The molecule has 0 radical (unpaired) electrons. The number of nitrogens with zero attached hydrogens (tertiary/aromatic N) is 2. The van der Waals surface area contributed by atoms with E-state index in [0.717, 1.165) is 25.7 Å². The van der Waals surface area contributed by atoms with Gasteiger partial charge in [0.25, 0.3) is 0 Å². The number of esters is 1. The Morgan fingerprint density at radius 3 is 2.70 bits per heavy atom. The second-order valence-corrected chi connectivity index (χ2v) is 5.67.